The molecule has 1 aliphatic rings. The van der Waals surface area contributed by atoms with Gasteiger partial charge in [-0.05, 0) is 50.5 Å². The van der Waals surface area contributed by atoms with Crippen LogP contribution in [0.1, 0.15) is 41.5 Å². The van der Waals surface area contributed by atoms with Gasteiger partial charge < -0.3 is 14.3 Å². The smallest absolute Gasteiger partial charge is 0.410 e. The minimum Gasteiger partial charge on any atom is -0.444 e. The molecule has 2 rings (SSSR count). The maximum absolute atomic E-state index is 13.9. The largest absolute Gasteiger partial charge is 0.444 e. The van der Waals surface area contributed by atoms with Crippen molar-refractivity contribution in [2.75, 3.05) is 26.4 Å². The summed E-state index contributed by atoms with van der Waals surface area (Å²) in [5.74, 6) is 0. The lowest BCUT2D eigenvalue weighted by Gasteiger charge is -2.43. The Morgan fingerprint density at radius 3 is 2.37 bits per heavy atom. The van der Waals surface area contributed by atoms with Crippen molar-refractivity contribution in [2.45, 2.75) is 82.3 Å². The molecule has 41 heavy (non-hydrogen) atoms. The van der Waals surface area contributed by atoms with Gasteiger partial charge in [0.15, 0.2) is 13.2 Å². The molecule has 0 aromatic heterocycles. The molecule has 0 spiro atoms. The summed E-state index contributed by atoms with van der Waals surface area (Å²) in [4.78, 5) is 30.6. The van der Waals surface area contributed by atoms with E-state index in [0.717, 1.165) is 12.1 Å². The Bertz CT molecular complexity index is 1250. The number of hydrogen-bond donors (Lipinski definition) is 1. The number of aliphatic hydroxyl groups excluding tert-OH is 1. The molecule has 0 aliphatic carbocycles. The van der Waals surface area contributed by atoms with Crippen LogP contribution in [0.15, 0.2) is 53.5 Å². The number of nitro groups is 1. The maximum atomic E-state index is 13.9. The Hall–Kier alpha value is -2.62. The number of hydrogen-bond acceptors (Lipinski definition) is 9. The number of nitro benzene ring substituents is 1. The molecule has 12 nitrogen and oxygen atoms in total. The van der Waals surface area contributed by atoms with Crippen molar-refractivity contribution in [3.05, 3.63) is 58.7 Å². The van der Waals surface area contributed by atoms with Crippen LogP contribution in [0, 0.1) is 10.1 Å². The summed E-state index contributed by atoms with van der Waals surface area (Å²) < 4.78 is 40.4. The second-order valence-electron chi connectivity index (χ2n) is 12.3. The number of nitrogens with zero attached hydrogens (tertiary/aromatic N) is 3. The first-order chi connectivity index (χ1) is 18.8. The maximum Gasteiger partial charge on any atom is 0.410 e. The van der Waals surface area contributed by atoms with E-state index in [2.05, 4.69) is 40.4 Å². The van der Waals surface area contributed by atoms with E-state index < -0.39 is 64.2 Å². The standard InChI is InChI=1S/C27H43N3O9SSi/c1-10-15-37-30(40(35,36)24-14-12-11-13-22(24)29(33)34)23-17-28(25(32)39-26(2,3)4)21(16-20(23)18-31)19-38-41(8,9)27(5,6)7/h10-14,16,21,23,31H,1,15,17-19H2,2-9H3. The van der Waals surface area contributed by atoms with Crippen LogP contribution >= 0.6 is 0 Å². The molecule has 0 saturated carbocycles. The lowest BCUT2D eigenvalue weighted by Crippen LogP contribution is -2.57. The Morgan fingerprint density at radius 1 is 1.24 bits per heavy atom. The minimum absolute atomic E-state index is 0.0936. The zero-order valence-electron chi connectivity index (χ0n) is 25.1. The Balaban J connectivity index is 2.65. The highest BCUT2D eigenvalue weighted by Crippen LogP contribution is 2.37. The van der Waals surface area contributed by atoms with Gasteiger partial charge >= 0.3 is 6.09 Å². The first kappa shape index (κ1) is 34.6. The highest BCUT2D eigenvalue weighted by molar-refractivity contribution is 7.89. The van der Waals surface area contributed by atoms with Crippen molar-refractivity contribution in [2.24, 2.45) is 0 Å². The average molecular weight is 614 g/mol. The highest BCUT2D eigenvalue weighted by atomic mass is 32.2. The number of aliphatic hydroxyl groups is 1. The van der Waals surface area contributed by atoms with Gasteiger partial charge in [0.25, 0.3) is 15.7 Å². The number of para-hydroxylation sites is 1. The summed E-state index contributed by atoms with van der Waals surface area (Å²) in [5, 5.41) is 21.9. The van der Waals surface area contributed by atoms with Crippen LogP contribution in [0.5, 0.6) is 0 Å². The first-order valence-corrected chi connectivity index (χ1v) is 17.6. The van der Waals surface area contributed by atoms with Gasteiger partial charge in [-0.3, -0.25) is 19.9 Å². The molecule has 2 atom stereocenters. The summed E-state index contributed by atoms with van der Waals surface area (Å²) in [5.41, 5.74) is -1.26. The fourth-order valence-corrected chi connectivity index (χ4v) is 6.41. The molecule has 1 heterocycles. The van der Waals surface area contributed by atoms with Gasteiger partial charge in [-0.2, -0.15) is 0 Å². The number of ether oxygens (including phenoxy) is 1. The van der Waals surface area contributed by atoms with Crippen molar-refractivity contribution >= 4 is 30.1 Å². The fourth-order valence-electron chi connectivity index (χ4n) is 3.80. The molecule has 0 saturated heterocycles. The van der Waals surface area contributed by atoms with Crippen molar-refractivity contribution in [3.63, 3.8) is 0 Å². The third-order valence-electron chi connectivity index (χ3n) is 6.99. The highest BCUT2D eigenvalue weighted by Gasteiger charge is 2.45. The Labute approximate surface area is 243 Å². The quantitative estimate of drug-likeness (QED) is 0.163. The van der Waals surface area contributed by atoms with Crippen LogP contribution in [0.4, 0.5) is 10.5 Å². The predicted octanol–water partition coefficient (Wildman–Crippen LogP) is 4.63. The third kappa shape index (κ3) is 8.46. The predicted molar refractivity (Wildman–Crippen MR) is 157 cm³/mol. The molecule has 14 heteroatoms. The van der Waals surface area contributed by atoms with E-state index in [0.29, 0.717) is 4.47 Å². The zero-order chi connectivity index (χ0) is 31.4. The average Bonchev–Trinajstić information content (AvgIpc) is 2.85. The minimum atomic E-state index is -4.68. The van der Waals surface area contributed by atoms with E-state index >= 15 is 0 Å². The number of amides is 1. The third-order valence-corrected chi connectivity index (χ3v) is 13.2. The first-order valence-electron chi connectivity index (χ1n) is 13.2. The molecule has 0 bridgehead atoms. The summed E-state index contributed by atoms with van der Waals surface area (Å²) in [7, 11) is -6.94. The second-order valence-corrected chi connectivity index (χ2v) is 18.8. The lowest BCUT2D eigenvalue weighted by atomic mass is 9.99. The molecule has 1 amide bonds. The summed E-state index contributed by atoms with van der Waals surface area (Å²) >= 11 is 0. The zero-order valence-corrected chi connectivity index (χ0v) is 26.9. The van der Waals surface area contributed by atoms with Crippen LogP contribution in [0.2, 0.25) is 18.1 Å². The van der Waals surface area contributed by atoms with Crippen molar-refractivity contribution in [1.29, 1.82) is 0 Å². The lowest BCUT2D eigenvalue weighted by molar-refractivity contribution is -0.388. The van der Waals surface area contributed by atoms with Crippen LogP contribution in [-0.2, 0) is 24.0 Å². The second kappa shape index (κ2) is 13.1. The summed E-state index contributed by atoms with van der Waals surface area (Å²) in [6.07, 6.45) is 2.17. The Kier molecular flexibility index (Phi) is 11.1. The van der Waals surface area contributed by atoms with Gasteiger partial charge in [-0.1, -0.05) is 49.5 Å². The van der Waals surface area contributed by atoms with Crippen LogP contribution in [0.25, 0.3) is 0 Å². The number of sulfonamides is 1. The van der Waals surface area contributed by atoms with Gasteiger partial charge in [0, 0.05) is 12.6 Å². The molecule has 0 fully saturated rings. The normalized spacial score (nSPS) is 18.7. The van der Waals surface area contributed by atoms with E-state index in [9.17, 15) is 28.4 Å². The van der Waals surface area contributed by atoms with Crippen molar-refractivity contribution in [1.82, 2.24) is 9.37 Å². The van der Waals surface area contributed by atoms with E-state index in [-0.39, 0.29) is 30.4 Å². The van der Waals surface area contributed by atoms with Crippen LogP contribution in [0.3, 0.4) is 0 Å². The van der Waals surface area contributed by atoms with Crippen molar-refractivity contribution in [3.8, 4) is 0 Å². The Morgan fingerprint density at radius 2 is 1.85 bits per heavy atom. The molecular formula is C27H43N3O9SSi. The number of hydroxylamine groups is 1. The van der Waals surface area contributed by atoms with Gasteiger partial charge in [0.05, 0.1) is 36.8 Å². The molecule has 230 valence electrons. The van der Waals surface area contributed by atoms with Gasteiger partial charge in [-0.25, -0.2) is 13.2 Å². The molecule has 0 radical (unpaired) electrons. The molecule has 1 aliphatic heterocycles. The number of rotatable bonds is 11. The van der Waals surface area contributed by atoms with Crippen molar-refractivity contribution < 1.29 is 37.2 Å². The van der Waals surface area contributed by atoms with Gasteiger partial charge in [-0.15, -0.1) is 6.58 Å². The van der Waals surface area contributed by atoms with E-state index in [1.54, 1.807) is 26.8 Å². The van der Waals surface area contributed by atoms with E-state index in [1.165, 1.54) is 23.1 Å². The molecule has 1 aromatic rings. The number of benzene rings is 1. The summed E-state index contributed by atoms with van der Waals surface area (Å²) in [6.45, 7) is 18.1. The SMILES string of the molecule is C=CCON(C1CN(C(=O)OC(C)(C)C)C(CO[Si](C)(C)C(C)(C)C)C=C1CO)S(=O)(=O)c1ccccc1[N+](=O)[O-]. The van der Waals surface area contributed by atoms with Crippen LogP contribution in [-0.4, -0.2) is 86.3 Å². The van der Waals surface area contributed by atoms with Gasteiger partial charge in [0.1, 0.15) is 5.60 Å². The van der Waals surface area contributed by atoms with Gasteiger partial charge in [0.2, 0.25) is 0 Å². The number of carbonyl (C=O) groups excluding carboxylic acids is 1. The van der Waals surface area contributed by atoms with E-state index in [1.807, 2.05) is 0 Å². The summed E-state index contributed by atoms with van der Waals surface area (Å²) in [6, 6.07) is 2.96. The molecular weight excluding hydrogens is 570 g/mol. The molecule has 2 unspecified atom stereocenters. The van der Waals surface area contributed by atoms with Crippen LogP contribution < -0.4 is 0 Å². The number of carbonyl (C=O) groups is 1. The van der Waals surface area contributed by atoms with E-state index in [4.69, 9.17) is 14.0 Å². The topological polar surface area (TPSA) is 149 Å². The fraction of sp³-hybridized carbons (Fsp3) is 0.593. The monoisotopic (exact) mass is 613 g/mol. The molecule has 1 aromatic carbocycles. The molecule has 1 N–H and O–H groups in total.